The standard InChI is InChI=1S/C11H17FOS/c1-4-7-8-11(6-3)14-13-9-10(12)5-2/h4,6-8,10H,3,5,9H2,1-2H3/b7-4-,11-8+. The van der Waals surface area contributed by atoms with E-state index in [9.17, 15) is 4.39 Å². The fourth-order valence-corrected chi connectivity index (χ4v) is 1.17. The van der Waals surface area contributed by atoms with Crippen LogP contribution in [0.5, 0.6) is 0 Å². The molecule has 0 aliphatic carbocycles. The molecule has 0 fully saturated rings. The summed E-state index contributed by atoms with van der Waals surface area (Å²) < 4.78 is 17.8. The van der Waals surface area contributed by atoms with Crippen LogP contribution in [0, 0.1) is 0 Å². The molecular formula is C11H17FOS. The minimum atomic E-state index is -0.879. The van der Waals surface area contributed by atoms with Gasteiger partial charge in [0.25, 0.3) is 0 Å². The van der Waals surface area contributed by atoms with Gasteiger partial charge in [-0.2, -0.15) is 0 Å². The van der Waals surface area contributed by atoms with E-state index in [0.29, 0.717) is 6.42 Å². The lowest BCUT2D eigenvalue weighted by Crippen LogP contribution is -2.05. The molecule has 0 aromatic heterocycles. The summed E-state index contributed by atoms with van der Waals surface area (Å²) in [4.78, 5) is 0.881. The van der Waals surface area contributed by atoms with Crippen LogP contribution in [0.2, 0.25) is 0 Å². The van der Waals surface area contributed by atoms with Crippen molar-refractivity contribution in [2.75, 3.05) is 6.61 Å². The second kappa shape index (κ2) is 9.03. The highest BCUT2D eigenvalue weighted by Crippen LogP contribution is 2.18. The molecule has 14 heavy (non-hydrogen) atoms. The van der Waals surface area contributed by atoms with Crippen LogP contribution in [0.3, 0.4) is 0 Å². The van der Waals surface area contributed by atoms with E-state index in [-0.39, 0.29) is 6.61 Å². The molecule has 0 saturated carbocycles. The number of alkyl halides is 1. The van der Waals surface area contributed by atoms with Gasteiger partial charge in [-0.3, -0.25) is 0 Å². The Hall–Kier alpha value is -0.540. The van der Waals surface area contributed by atoms with E-state index < -0.39 is 6.17 Å². The summed E-state index contributed by atoms with van der Waals surface area (Å²) in [5.74, 6) is 0. The van der Waals surface area contributed by atoms with Crippen LogP contribution in [0.1, 0.15) is 20.3 Å². The fraction of sp³-hybridized carbons (Fsp3) is 0.455. The van der Waals surface area contributed by atoms with Gasteiger partial charge in [0.2, 0.25) is 0 Å². The van der Waals surface area contributed by atoms with E-state index in [2.05, 4.69) is 6.58 Å². The molecule has 0 rings (SSSR count). The van der Waals surface area contributed by atoms with E-state index in [4.69, 9.17) is 4.18 Å². The van der Waals surface area contributed by atoms with Crippen molar-refractivity contribution in [3.63, 3.8) is 0 Å². The zero-order chi connectivity index (χ0) is 10.8. The molecule has 0 heterocycles. The van der Waals surface area contributed by atoms with Gasteiger partial charge >= 0.3 is 0 Å². The summed E-state index contributed by atoms with van der Waals surface area (Å²) in [7, 11) is 0. The summed E-state index contributed by atoms with van der Waals surface area (Å²) in [6.45, 7) is 7.48. The minimum Gasteiger partial charge on any atom is -0.307 e. The summed E-state index contributed by atoms with van der Waals surface area (Å²) in [6.07, 6.45) is 6.97. The molecule has 0 amide bonds. The third kappa shape index (κ3) is 6.92. The Morgan fingerprint density at radius 1 is 1.64 bits per heavy atom. The quantitative estimate of drug-likeness (QED) is 0.469. The molecule has 0 aliphatic rings. The van der Waals surface area contributed by atoms with Gasteiger partial charge in [0, 0.05) is 16.9 Å². The summed E-state index contributed by atoms with van der Waals surface area (Å²) in [5, 5.41) is 0. The van der Waals surface area contributed by atoms with Crippen LogP contribution in [-0.4, -0.2) is 12.8 Å². The molecule has 0 aromatic rings. The first kappa shape index (κ1) is 13.5. The maximum atomic E-state index is 12.7. The van der Waals surface area contributed by atoms with Crippen LogP contribution in [-0.2, 0) is 4.18 Å². The maximum absolute atomic E-state index is 12.7. The molecule has 1 unspecified atom stereocenters. The van der Waals surface area contributed by atoms with E-state index in [1.54, 1.807) is 13.0 Å². The third-order valence-electron chi connectivity index (χ3n) is 1.50. The lowest BCUT2D eigenvalue weighted by Gasteiger charge is -2.05. The molecule has 0 spiro atoms. The van der Waals surface area contributed by atoms with Crippen LogP contribution in [0.25, 0.3) is 0 Å². The molecule has 0 aliphatic heterocycles. The van der Waals surface area contributed by atoms with Crippen LogP contribution in [0.4, 0.5) is 4.39 Å². The Morgan fingerprint density at radius 2 is 2.36 bits per heavy atom. The molecule has 1 atom stereocenters. The molecule has 0 N–H and O–H groups in total. The predicted octanol–water partition coefficient (Wildman–Crippen LogP) is 4.05. The molecule has 3 heteroatoms. The van der Waals surface area contributed by atoms with Crippen LogP contribution >= 0.6 is 12.0 Å². The van der Waals surface area contributed by atoms with Gasteiger partial charge in [-0.05, 0) is 19.4 Å². The van der Waals surface area contributed by atoms with Crippen molar-refractivity contribution in [1.29, 1.82) is 0 Å². The largest absolute Gasteiger partial charge is 0.307 e. The summed E-state index contributed by atoms with van der Waals surface area (Å²) in [6, 6.07) is 0. The summed E-state index contributed by atoms with van der Waals surface area (Å²) in [5.41, 5.74) is 0. The van der Waals surface area contributed by atoms with Crippen molar-refractivity contribution in [2.24, 2.45) is 0 Å². The summed E-state index contributed by atoms with van der Waals surface area (Å²) >= 11 is 1.16. The number of hydrogen-bond donors (Lipinski definition) is 0. The fourth-order valence-electron chi connectivity index (χ4n) is 0.615. The van der Waals surface area contributed by atoms with E-state index >= 15 is 0 Å². The highest BCUT2D eigenvalue weighted by atomic mass is 32.2. The Bertz CT molecular complexity index is 211. The van der Waals surface area contributed by atoms with Gasteiger partial charge < -0.3 is 4.18 Å². The zero-order valence-corrected chi connectivity index (χ0v) is 9.52. The molecule has 80 valence electrons. The Kier molecular flexibility index (Phi) is 8.68. The number of hydrogen-bond acceptors (Lipinski definition) is 2. The highest BCUT2D eigenvalue weighted by Gasteiger charge is 2.03. The van der Waals surface area contributed by atoms with Gasteiger partial charge in [-0.15, -0.1) is 0 Å². The van der Waals surface area contributed by atoms with Gasteiger partial charge in [0.1, 0.15) is 6.17 Å². The topological polar surface area (TPSA) is 9.23 Å². The Balaban J connectivity index is 3.79. The first-order chi connectivity index (χ1) is 6.74. The van der Waals surface area contributed by atoms with Crippen molar-refractivity contribution >= 4 is 12.0 Å². The molecule has 1 nitrogen and oxygen atoms in total. The lowest BCUT2D eigenvalue weighted by atomic mass is 10.3. The van der Waals surface area contributed by atoms with E-state index in [0.717, 1.165) is 16.9 Å². The minimum absolute atomic E-state index is 0.127. The second-order valence-corrected chi connectivity index (χ2v) is 3.55. The molecule has 0 saturated heterocycles. The average molecular weight is 216 g/mol. The molecular weight excluding hydrogens is 199 g/mol. The molecule has 0 bridgehead atoms. The van der Waals surface area contributed by atoms with Crippen molar-refractivity contribution in [1.82, 2.24) is 0 Å². The van der Waals surface area contributed by atoms with Crippen LogP contribution in [0.15, 0.2) is 35.8 Å². The normalized spacial score (nSPS) is 14.6. The van der Waals surface area contributed by atoms with Gasteiger partial charge in [0.15, 0.2) is 0 Å². The van der Waals surface area contributed by atoms with Crippen molar-refractivity contribution in [3.8, 4) is 0 Å². The van der Waals surface area contributed by atoms with Crippen molar-refractivity contribution in [3.05, 3.63) is 35.8 Å². The molecule has 0 radical (unpaired) electrons. The van der Waals surface area contributed by atoms with Gasteiger partial charge in [-0.1, -0.05) is 31.7 Å². The number of rotatable bonds is 7. The second-order valence-electron chi connectivity index (χ2n) is 2.67. The van der Waals surface area contributed by atoms with Crippen LogP contribution < -0.4 is 0 Å². The smallest absolute Gasteiger partial charge is 0.124 e. The Labute approximate surface area is 89.9 Å². The first-order valence-electron chi connectivity index (χ1n) is 4.63. The van der Waals surface area contributed by atoms with Gasteiger partial charge in [0.05, 0.1) is 6.61 Å². The first-order valence-corrected chi connectivity index (χ1v) is 5.37. The number of allylic oxidation sites excluding steroid dienone is 4. The number of halogens is 1. The van der Waals surface area contributed by atoms with E-state index in [1.165, 1.54) is 0 Å². The lowest BCUT2D eigenvalue weighted by molar-refractivity contribution is 0.215. The predicted molar refractivity (Wildman–Crippen MR) is 61.8 cm³/mol. The Morgan fingerprint density at radius 3 is 2.86 bits per heavy atom. The monoisotopic (exact) mass is 216 g/mol. The zero-order valence-electron chi connectivity index (χ0n) is 8.70. The van der Waals surface area contributed by atoms with Crippen molar-refractivity contribution in [2.45, 2.75) is 26.4 Å². The third-order valence-corrected chi connectivity index (χ3v) is 2.25. The maximum Gasteiger partial charge on any atom is 0.124 e. The van der Waals surface area contributed by atoms with Gasteiger partial charge in [-0.25, -0.2) is 4.39 Å². The molecule has 0 aromatic carbocycles. The van der Waals surface area contributed by atoms with E-state index in [1.807, 2.05) is 25.2 Å². The SMILES string of the molecule is C=C/C(=C\C=C/C)SOCC(F)CC. The highest BCUT2D eigenvalue weighted by molar-refractivity contribution is 7.98. The average Bonchev–Trinajstić information content (AvgIpc) is 2.22. The van der Waals surface area contributed by atoms with Crippen molar-refractivity contribution < 1.29 is 8.57 Å².